The van der Waals surface area contributed by atoms with Gasteiger partial charge in [-0.25, -0.2) is 15.0 Å². The summed E-state index contributed by atoms with van der Waals surface area (Å²) >= 11 is 1.87. The zero-order valence-corrected chi connectivity index (χ0v) is 26.4. The lowest BCUT2D eigenvalue weighted by Gasteiger charge is -2.09. The first-order valence-electron chi connectivity index (χ1n) is 15.9. The molecule has 4 nitrogen and oxygen atoms in total. The maximum Gasteiger partial charge on any atom is 0.164 e. The first-order chi connectivity index (χ1) is 23.8. The number of fused-ring (bicyclic) bond motifs is 8. The van der Waals surface area contributed by atoms with E-state index in [-0.39, 0.29) is 0 Å². The molecule has 0 aliphatic carbocycles. The van der Waals surface area contributed by atoms with E-state index in [9.17, 15) is 0 Å². The SMILES string of the molecule is c1ccc(-c2nc(-c3ccccc3)nc(-c3ccc4oc5cc(-c6cc7c8ccccc8sc7c7ccccc67)ccc5c4c3)n2)cc1. The van der Waals surface area contributed by atoms with Crippen molar-refractivity contribution in [2.45, 2.75) is 0 Å². The van der Waals surface area contributed by atoms with Crippen LogP contribution in [0.3, 0.4) is 0 Å². The first kappa shape index (κ1) is 27.0. The van der Waals surface area contributed by atoms with E-state index in [0.29, 0.717) is 17.5 Å². The van der Waals surface area contributed by atoms with Crippen LogP contribution < -0.4 is 0 Å². The summed E-state index contributed by atoms with van der Waals surface area (Å²) in [5, 5.41) is 7.20. The van der Waals surface area contributed by atoms with Crippen molar-refractivity contribution in [2.24, 2.45) is 0 Å². The number of hydrogen-bond donors (Lipinski definition) is 0. The van der Waals surface area contributed by atoms with Crippen molar-refractivity contribution in [3.05, 3.63) is 152 Å². The van der Waals surface area contributed by atoms with Crippen molar-refractivity contribution in [3.8, 4) is 45.3 Å². The molecule has 3 heterocycles. The minimum atomic E-state index is 0.623. The van der Waals surface area contributed by atoms with Crippen molar-refractivity contribution in [1.82, 2.24) is 15.0 Å². The van der Waals surface area contributed by atoms with Crippen molar-refractivity contribution in [2.75, 3.05) is 0 Å². The molecule has 0 saturated carbocycles. The van der Waals surface area contributed by atoms with Crippen molar-refractivity contribution in [1.29, 1.82) is 0 Å². The molecule has 3 aromatic heterocycles. The number of hydrogen-bond acceptors (Lipinski definition) is 5. The topological polar surface area (TPSA) is 51.8 Å². The molecule has 0 aliphatic rings. The normalized spacial score (nSPS) is 11.8. The molecule has 0 saturated heterocycles. The molecule has 0 amide bonds. The van der Waals surface area contributed by atoms with Gasteiger partial charge in [0, 0.05) is 53.0 Å². The van der Waals surface area contributed by atoms with E-state index in [1.807, 2.05) is 84.1 Å². The van der Waals surface area contributed by atoms with Crippen LogP contribution in [0.4, 0.5) is 0 Å². The molecule has 5 heteroatoms. The highest BCUT2D eigenvalue weighted by Gasteiger charge is 2.17. The third-order valence-corrected chi connectivity index (χ3v) is 10.3. The van der Waals surface area contributed by atoms with Gasteiger partial charge in [-0.3, -0.25) is 0 Å². The van der Waals surface area contributed by atoms with Crippen molar-refractivity contribution >= 4 is 64.2 Å². The van der Waals surface area contributed by atoms with Crippen LogP contribution in [0.25, 0.3) is 98.2 Å². The van der Waals surface area contributed by atoms with Gasteiger partial charge in [0.25, 0.3) is 0 Å². The Morgan fingerprint density at radius 1 is 0.375 bits per heavy atom. The van der Waals surface area contributed by atoms with E-state index in [1.54, 1.807) is 0 Å². The maximum absolute atomic E-state index is 6.50. The number of rotatable bonds is 4. The molecular formula is C43H25N3OS. The van der Waals surface area contributed by atoms with Gasteiger partial charge in [-0.2, -0.15) is 0 Å². The Morgan fingerprint density at radius 3 is 1.71 bits per heavy atom. The molecule has 0 fully saturated rings. The molecule has 7 aromatic carbocycles. The minimum absolute atomic E-state index is 0.623. The molecule has 0 radical (unpaired) electrons. The van der Waals surface area contributed by atoms with Crippen LogP contribution in [0.5, 0.6) is 0 Å². The molecule has 10 rings (SSSR count). The fourth-order valence-corrected chi connectivity index (χ4v) is 8.03. The fourth-order valence-electron chi connectivity index (χ4n) is 6.81. The molecule has 0 bridgehead atoms. The lowest BCUT2D eigenvalue weighted by molar-refractivity contribution is 0.669. The van der Waals surface area contributed by atoms with Crippen molar-refractivity contribution < 1.29 is 4.42 Å². The van der Waals surface area contributed by atoms with Crippen LogP contribution in [0, 0.1) is 0 Å². The average Bonchev–Trinajstić information content (AvgIpc) is 3.73. The van der Waals surface area contributed by atoms with E-state index < -0.39 is 0 Å². The zero-order valence-electron chi connectivity index (χ0n) is 25.6. The summed E-state index contributed by atoms with van der Waals surface area (Å²) in [6.07, 6.45) is 0. The predicted molar refractivity (Wildman–Crippen MR) is 199 cm³/mol. The predicted octanol–water partition coefficient (Wildman–Crippen LogP) is 12.0. The fraction of sp³-hybridized carbons (Fsp3) is 0. The summed E-state index contributed by atoms with van der Waals surface area (Å²) in [7, 11) is 0. The summed E-state index contributed by atoms with van der Waals surface area (Å²) in [6.45, 7) is 0. The van der Waals surface area contributed by atoms with Gasteiger partial charge in [0.05, 0.1) is 0 Å². The molecule has 224 valence electrons. The Bertz CT molecular complexity index is 2780. The minimum Gasteiger partial charge on any atom is -0.456 e. The largest absolute Gasteiger partial charge is 0.456 e. The van der Waals surface area contributed by atoms with Gasteiger partial charge in [-0.15, -0.1) is 11.3 Å². The van der Waals surface area contributed by atoms with Gasteiger partial charge in [-0.05, 0) is 59.0 Å². The molecular weight excluding hydrogens is 607 g/mol. The average molecular weight is 632 g/mol. The first-order valence-corrected chi connectivity index (χ1v) is 16.8. The van der Waals surface area contributed by atoms with Gasteiger partial charge < -0.3 is 4.42 Å². The standard InChI is InChI=1S/C43H25N3OS/c1-3-11-26(12-4-1)41-44-42(27-13-5-2-6-14-27)46-43(45-41)29-20-22-37-35(23-29)31-21-19-28(24-38(31)47-37)34-25-36-32-16-9-10-18-39(32)48-40(36)33-17-8-7-15-30(33)34/h1-25H. The smallest absolute Gasteiger partial charge is 0.164 e. The quantitative estimate of drug-likeness (QED) is 0.194. The second-order valence-corrected chi connectivity index (χ2v) is 13.1. The molecule has 0 unspecified atom stereocenters. The number of nitrogens with zero attached hydrogens (tertiary/aromatic N) is 3. The maximum atomic E-state index is 6.50. The summed E-state index contributed by atoms with van der Waals surface area (Å²) in [5.74, 6) is 1.91. The Labute approximate surface area is 279 Å². The number of furan rings is 1. The Hall–Kier alpha value is -6.17. The van der Waals surface area contributed by atoms with E-state index in [2.05, 4.69) is 78.9 Å². The molecule has 0 aliphatic heterocycles. The number of benzene rings is 7. The van der Waals surface area contributed by atoms with E-state index in [0.717, 1.165) is 44.2 Å². The summed E-state index contributed by atoms with van der Waals surface area (Å²) in [4.78, 5) is 14.7. The van der Waals surface area contributed by atoms with Gasteiger partial charge >= 0.3 is 0 Å². The Morgan fingerprint density at radius 2 is 0.979 bits per heavy atom. The van der Waals surface area contributed by atoms with E-state index in [1.165, 1.54) is 36.5 Å². The third-order valence-electron chi connectivity index (χ3n) is 9.12. The number of thiophene rings is 1. The second kappa shape index (κ2) is 10.7. The number of aromatic nitrogens is 3. The molecule has 10 aromatic rings. The van der Waals surface area contributed by atoms with Crippen LogP contribution in [0.15, 0.2) is 156 Å². The van der Waals surface area contributed by atoms with Crippen molar-refractivity contribution in [3.63, 3.8) is 0 Å². The lowest BCUT2D eigenvalue weighted by atomic mass is 9.95. The van der Waals surface area contributed by atoms with E-state index in [4.69, 9.17) is 19.4 Å². The highest BCUT2D eigenvalue weighted by Crippen LogP contribution is 2.43. The monoisotopic (exact) mass is 631 g/mol. The highest BCUT2D eigenvalue weighted by atomic mass is 32.1. The lowest BCUT2D eigenvalue weighted by Crippen LogP contribution is -2.00. The van der Waals surface area contributed by atoms with Gasteiger partial charge in [-0.1, -0.05) is 109 Å². The van der Waals surface area contributed by atoms with Gasteiger partial charge in [0.2, 0.25) is 0 Å². The summed E-state index contributed by atoms with van der Waals surface area (Å²) in [6, 6.07) is 52.7. The third kappa shape index (κ3) is 4.33. The van der Waals surface area contributed by atoms with Crippen LogP contribution in [-0.4, -0.2) is 15.0 Å². The Balaban J connectivity index is 1.13. The Kier molecular flexibility index (Phi) is 6.01. The summed E-state index contributed by atoms with van der Waals surface area (Å²) in [5.41, 5.74) is 6.82. The highest BCUT2D eigenvalue weighted by molar-refractivity contribution is 7.26. The second-order valence-electron chi connectivity index (χ2n) is 12.0. The van der Waals surface area contributed by atoms with Crippen LogP contribution >= 0.6 is 11.3 Å². The van der Waals surface area contributed by atoms with Crippen LogP contribution in [-0.2, 0) is 0 Å². The van der Waals surface area contributed by atoms with E-state index >= 15 is 0 Å². The molecule has 48 heavy (non-hydrogen) atoms. The van der Waals surface area contributed by atoms with Crippen LogP contribution in [0.2, 0.25) is 0 Å². The summed E-state index contributed by atoms with van der Waals surface area (Å²) < 4.78 is 9.13. The zero-order chi connectivity index (χ0) is 31.6. The van der Waals surface area contributed by atoms with Gasteiger partial charge in [0.15, 0.2) is 17.5 Å². The molecule has 0 spiro atoms. The van der Waals surface area contributed by atoms with Crippen LogP contribution in [0.1, 0.15) is 0 Å². The molecule has 0 atom stereocenters. The van der Waals surface area contributed by atoms with Gasteiger partial charge in [0.1, 0.15) is 11.2 Å². The molecule has 0 N–H and O–H groups in total.